The molecule has 0 aromatic rings. The Balaban J connectivity index is 0.000000354. The van der Waals surface area contributed by atoms with Crippen molar-refractivity contribution in [1.29, 1.82) is 5.26 Å². The second kappa shape index (κ2) is 6.02. The number of nitrogens with one attached hydrogen (secondary N) is 1. The number of rotatable bonds is 0. The lowest BCUT2D eigenvalue weighted by Crippen LogP contribution is -2.33. The van der Waals surface area contributed by atoms with Gasteiger partial charge in [0.1, 0.15) is 0 Å². The van der Waals surface area contributed by atoms with E-state index in [-0.39, 0.29) is 5.41 Å². The zero-order chi connectivity index (χ0) is 9.45. The molecule has 0 saturated carbocycles. The van der Waals surface area contributed by atoms with Gasteiger partial charge in [0.05, 0.1) is 11.5 Å². The van der Waals surface area contributed by atoms with Crippen LogP contribution in [0.5, 0.6) is 0 Å². The molecule has 1 aliphatic heterocycles. The zero-order valence-electron chi connectivity index (χ0n) is 8.48. The normalized spacial score (nSPS) is 20.2. The molecule has 1 N–H and O–H groups in total. The first-order chi connectivity index (χ1) is 5.68. The first kappa shape index (κ1) is 11.4. The number of hydrogen-bond acceptors (Lipinski definition) is 2. The summed E-state index contributed by atoms with van der Waals surface area (Å²) < 4.78 is 0. The molecule has 0 aliphatic carbocycles. The van der Waals surface area contributed by atoms with Crippen molar-refractivity contribution in [2.75, 3.05) is 13.1 Å². The topological polar surface area (TPSA) is 35.8 Å². The molecule has 0 aromatic heterocycles. The molecule has 0 atom stereocenters. The molecule has 1 fully saturated rings. The van der Waals surface area contributed by atoms with E-state index in [4.69, 9.17) is 5.26 Å². The van der Waals surface area contributed by atoms with Crippen molar-refractivity contribution in [1.82, 2.24) is 5.32 Å². The van der Waals surface area contributed by atoms with E-state index >= 15 is 0 Å². The van der Waals surface area contributed by atoms with Crippen LogP contribution in [0.15, 0.2) is 0 Å². The van der Waals surface area contributed by atoms with Crippen molar-refractivity contribution in [3.05, 3.63) is 0 Å². The zero-order valence-corrected chi connectivity index (χ0v) is 8.48. The molecule has 1 heterocycles. The van der Waals surface area contributed by atoms with Crippen LogP contribution in [0.1, 0.15) is 40.0 Å². The predicted octanol–water partition coefficient (Wildman–Crippen LogP) is 2.32. The third-order valence-corrected chi connectivity index (χ3v) is 1.98. The number of nitriles is 1. The van der Waals surface area contributed by atoms with Crippen LogP contribution in [0.2, 0.25) is 0 Å². The van der Waals surface area contributed by atoms with Crippen LogP contribution in [-0.4, -0.2) is 13.1 Å². The first-order valence-corrected chi connectivity index (χ1v) is 4.80. The van der Waals surface area contributed by atoms with Gasteiger partial charge in [0.15, 0.2) is 0 Å². The molecule has 1 aliphatic rings. The molecule has 1 saturated heterocycles. The van der Waals surface area contributed by atoms with Gasteiger partial charge in [-0.3, -0.25) is 0 Å². The second-order valence-corrected chi connectivity index (χ2v) is 3.63. The third-order valence-electron chi connectivity index (χ3n) is 1.98. The van der Waals surface area contributed by atoms with E-state index in [9.17, 15) is 0 Å². The van der Waals surface area contributed by atoms with Gasteiger partial charge in [0.2, 0.25) is 0 Å². The third kappa shape index (κ3) is 4.35. The first-order valence-electron chi connectivity index (χ1n) is 4.80. The van der Waals surface area contributed by atoms with Gasteiger partial charge in [-0.25, -0.2) is 0 Å². The Bertz CT molecular complexity index is 140. The minimum Gasteiger partial charge on any atom is -0.317 e. The molecule has 0 unspecified atom stereocenters. The molecule has 0 amide bonds. The van der Waals surface area contributed by atoms with Gasteiger partial charge >= 0.3 is 0 Å². The quantitative estimate of drug-likeness (QED) is 0.602. The van der Waals surface area contributed by atoms with E-state index < -0.39 is 0 Å². The number of piperidine rings is 1. The van der Waals surface area contributed by atoms with Crippen LogP contribution in [0.4, 0.5) is 0 Å². The second-order valence-electron chi connectivity index (χ2n) is 3.63. The van der Waals surface area contributed by atoms with Crippen molar-refractivity contribution in [3.8, 4) is 6.07 Å². The van der Waals surface area contributed by atoms with Gasteiger partial charge in [-0.2, -0.15) is 5.26 Å². The maximum Gasteiger partial charge on any atom is 0.0687 e. The average Bonchev–Trinajstić information content (AvgIpc) is 2.07. The Morgan fingerprint density at radius 3 is 2.00 bits per heavy atom. The minimum atomic E-state index is -0.0365. The Kier molecular flexibility index (Phi) is 5.74. The van der Waals surface area contributed by atoms with Crippen LogP contribution < -0.4 is 5.32 Å². The van der Waals surface area contributed by atoms with Gasteiger partial charge < -0.3 is 5.32 Å². The van der Waals surface area contributed by atoms with Gasteiger partial charge in [0, 0.05) is 0 Å². The smallest absolute Gasteiger partial charge is 0.0687 e. The monoisotopic (exact) mass is 168 g/mol. The number of nitrogens with zero attached hydrogens (tertiary/aromatic N) is 1. The van der Waals surface area contributed by atoms with E-state index in [1.807, 2.05) is 6.92 Å². The highest BCUT2D eigenvalue weighted by atomic mass is 14.9. The predicted molar refractivity (Wildman–Crippen MR) is 51.8 cm³/mol. The summed E-state index contributed by atoms with van der Waals surface area (Å²) >= 11 is 0. The Morgan fingerprint density at radius 2 is 1.75 bits per heavy atom. The van der Waals surface area contributed by atoms with Crippen LogP contribution in [0.3, 0.4) is 0 Å². The van der Waals surface area contributed by atoms with E-state index in [1.165, 1.54) is 6.42 Å². The number of hydrogen-bond donors (Lipinski definition) is 1. The minimum absolute atomic E-state index is 0.0365. The highest BCUT2D eigenvalue weighted by Gasteiger charge is 2.25. The lowest BCUT2D eigenvalue weighted by Gasteiger charge is -2.26. The van der Waals surface area contributed by atoms with Crippen molar-refractivity contribution < 1.29 is 0 Å². The van der Waals surface area contributed by atoms with Crippen molar-refractivity contribution >= 4 is 0 Å². The molecule has 0 spiro atoms. The SMILES string of the molecule is CC1(C#N)CCNCC1.CCC. The molecule has 2 heteroatoms. The van der Waals surface area contributed by atoms with Gasteiger partial charge in [-0.1, -0.05) is 20.3 Å². The van der Waals surface area contributed by atoms with Crippen molar-refractivity contribution in [3.63, 3.8) is 0 Å². The van der Waals surface area contributed by atoms with Crippen LogP contribution in [0, 0.1) is 16.7 Å². The van der Waals surface area contributed by atoms with E-state index in [2.05, 4.69) is 25.2 Å². The summed E-state index contributed by atoms with van der Waals surface area (Å²) in [7, 11) is 0. The molecular weight excluding hydrogens is 148 g/mol. The molecule has 1 rings (SSSR count). The summed E-state index contributed by atoms with van der Waals surface area (Å²) in [5.74, 6) is 0. The highest BCUT2D eigenvalue weighted by Crippen LogP contribution is 2.25. The summed E-state index contributed by atoms with van der Waals surface area (Å²) in [6.07, 6.45) is 3.26. The molecule has 0 bridgehead atoms. The largest absolute Gasteiger partial charge is 0.317 e. The van der Waals surface area contributed by atoms with Gasteiger partial charge in [-0.05, 0) is 32.9 Å². The van der Waals surface area contributed by atoms with Crippen molar-refractivity contribution in [2.24, 2.45) is 5.41 Å². The van der Waals surface area contributed by atoms with Gasteiger partial charge in [-0.15, -0.1) is 0 Å². The van der Waals surface area contributed by atoms with Crippen LogP contribution >= 0.6 is 0 Å². The fraction of sp³-hybridized carbons (Fsp3) is 0.900. The molecule has 0 radical (unpaired) electrons. The Hall–Kier alpha value is -0.550. The Labute approximate surface area is 76.0 Å². The fourth-order valence-electron chi connectivity index (χ4n) is 1.09. The summed E-state index contributed by atoms with van der Waals surface area (Å²) in [5.41, 5.74) is -0.0365. The van der Waals surface area contributed by atoms with E-state index in [0.29, 0.717) is 0 Å². The Morgan fingerprint density at radius 1 is 1.33 bits per heavy atom. The molecule has 12 heavy (non-hydrogen) atoms. The molecule has 70 valence electrons. The van der Waals surface area contributed by atoms with Crippen LogP contribution in [0.25, 0.3) is 0 Å². The fourth-order valence-corrected chi connectivity index (χ4v) is 1.09. The summed E-state index contributed by atoms with van der Waals surface area (Å²) in [5, 5.41) is 11.9. The lowest BCUT2D eigenvalue weighted by molar-refractivity contribution is 0.312. The maximum atomic E-state index is 8.67. The lowest BCUT2D eigenvalue weighted by atomic mass is 9.83. The molecule has 0 aromatic carbocycles. The molecular formula is C10H20N2. The standard InChI is InChI=1S/C7H12N2.C3H8/c1-7(6-8)2-4-9-5-3-7;1-3-2/h9H,2-5H2,1H3;3H2,1-2H3. The van der Waals surface area contributed by atoms with E-state index in [1.54, 1.807) is 0 Å². The average molecular weight is 168 g/mol. The highest BCUT2D eigenvalue weighted by molar-refractivity contribution is 4.97. The maximum absolute atomic E-state index is 8.67. The van der Waals surface area contributed by atoms with E-state index in [0.717, 1.165) is 25.9 Å². The molecule has 2 nitrogen and oxygen atoms in total. The van der Waals surface area contributed by atoms with Crippen LogP contribution in [-0.2, 0) is 0 Å². The van der Waals surface area contributed by atoms with Crippen molar-refractivity contribution in [2.45, 2.75) is 40.0 Å². The summed E-state index contributed by atoms with van der Waals surface area (Å²) in [6.45, 7) is 8.29. The van der Waals surface area contributed by atoms with Gasteiger partial charge in [0.25, 0.3) is 0 Å². The summed E-state index contributed by atoms with van der Waals surface area (Å²) in [6, 6.07) is 2.34. The summed E-state index contributed by atoms with van der Waals surface area (Å²) in [4.78, 5) is 0.